The Balaban J connectivity index is 2.55. The molecule has 2 amide bonds. The Morgan fingerprint density at radius 2 is 2.00 bits per heavy atom. The molecule has 1 rings (SSSR count). The summed E-state index contributed by atoms with van der Waals surface area (Å²) in [5.74, 6) is -0.936. The van der Waals surface area contributed by atoms with Crippen LogP contribution in [0.5, 0.6) is 0 Å². The monoisotopic (exact) mass is 292 g/mol. The summed E-state index contributed by atoms with van der Waals surface area (Å²) in [5, 5.41) is 12.1. The summed E-state index contributed by atoms with van der Waals surface area (Å²) in [6.07, 6.45) is 2.49. The van der Waals surface area contributed by atoms with Crippen LogP contribution in [-0.2, 0) is 6.42 Å². The van der Waals surface area contributed by atoms with Crippen LogP contribution in [-0.4, -0.2) is 41.6 Å². The first kappa shape index (κ1) is 17.0. The number of carboxylic acids is 1. The van der Waals surface area contributed by atoms with Gasteiger partial charge in [0.2, 0.25) is 0 Å². The molecule has 5 heteroatoms. The minimum Gasteiger partial charge on any atom is -0.478 e. The number of amides is 2. The number of nitrogens with one attached hydrogen (secondary N) is 1. The van der Waals surface area contributed by atoms with Crippen LogP contribution in [0.15, 0.2) is 24.3 Å². The van der Waals surface area contributed by atoms with Crippen LogP contribution in [0.1, 0.15) is 42.6 Å². The fourth-order valence-electron chi connectivity index (χ4n) is 2.16. The van der Waals surface area contributed by atoms with E-state index in [4.69, 9.17) is 5.11 Å². The zero-order valence-corrected chi connectivity index (χ0v) is 12.9. The average Bonchev–Trinajstić information content (AvgIpc) is 2.45. The molecule has 1 aromatic rings. The van der Waals surface area contributed by atoms with Gasteiger partial charge >= 0.3 is 12.0 Å². The molecule has 0 radical (unpaired) electrons. The summed E-state index contributed by atoms with van der Waals surface area (Å²) in [7, 11) is 1.72. The predicted octanol–water partition coefficient (Wildman–Crippen LogP) is 2.76. The summed E-state index contributed by atoms with van der Waals surface area (Å²) in [5.41, 5.74) is 1.04. The fourth-order valence-corrected chi connectivity index (χ4v) is 2.16. The maximum atomic E-state index is 12.0. The summed E-state index contributed by atoms with van der Waals surface area (Å²) in [4.78, 5) is 24.7. The van der Waals surface area contributed by atoms with Gasteiger partial charge in [-0.2, -0.15) is 0 Å². The van der Waals surface area contributed by atoms with Crippen LogP contribution in [0, 0.1) is 0 Å². The van der Waals surface area contributed by atoms with E-state index in [0.717, 1.165) is 18.4 Å². The first-order valence-electron chi connectivity index (χ1n) is 7.28. The number of aromatic carboxylic acids is 1. The van der Waals surface area contributed by atoms with E-state index >= 15 is 0 Å². The number of hydrogen-bond donors (Lipinski definition) is 2. The number of carboxylic acid groups (broad SMARTS) is 1. The maximum absolute atomic E-state index is 12.0. The number of urea groups is 1. The molecule has 0 saturated carbocycles. The van der Waals surface area contributed by atoms with Gasteiger partial charge in [0.1, 0.15) is 0 Å². The molecule has 1 unspecified atom stereocenters. The van der Waals surface area contributed by atoms with Crippen molar-refractivity contribution >= 4 is 12.0 Å². The smallest absolute Gasteiger partial charge is 0.335 e. The topological polar surface area (TPSA) is 69.6 Å². The second-order valence-electron chi connectivity index (χ2n) is 5.27. The van der Waals surface area contributed by atoms with Crippen LogP contribution in [0.25, 0.3) is 0 Å². The first-order valence-corrected chi connectivity index (χ1v) is 7.28. The molecule has 0 aliphatic carbocycles. The largest absolute Gasteiger partial charge is 0.478 e. The quantitative estimate of drug-likeness (QED) is 0.812. The van der Waals surface area contributed by atoms with Crippen molar-refractivity contribution in [3.63, 3.8) is 0 Å². The van der Waals surface area contributed by atoms with Crippen molar-refractivity contribution in [2.24, 2.45) is 0 Å². The zero-order valence-electron chi connectivity index (χ0n) is 12.9. The van der Waals surface area contributed by atoms with Crippen LogP contribution in [0.4, 0.5) is 4.79 Å². The molecule has 0 bridgehead atoms. The van der Waals surface area contributed by atoms with Gasteiger partial charge in [0.25, 0.3) is 0 Å². The summed E-state index contributed by atoms with van der Waals surface area (Å²) >= 11 is 0. The van der Waals surface area contributed by atoms with Crippen LogP contribution >= 0.6 is 0 Å². The Morgan fingerprint density at radius 1 is 1.33 bits per heavy atom. The lowest BCUT2D eigenvalue weighted by atomic mass is 10.0. The SMILES string of the molecule is CCCC(C)NC(=O)N(C)CCc1ccccc1C(=O)O. The predicted molar refractivity (Wildman–Crippen MR) is 82.6 cm³/mol. The Bertz CT molecular complexity index is 488. The van der Waals surface area contributed by atoms with Crippen molar-refractivity contribution < 1.29 is 14.7 Å². The number of nitrogens with zero attached hydrogens (tertiary/aromatic N) is 1. The summed E-state index contributed by atoms with van der Waals surface area (Å²) in [6.45, 7) is 4.54. The highest BCUT2D eigenvalue weighted by atomic mass is 16.4. The molecule has 1 aromatic carbocycles. The Labute approximate surface area is 126 Å². The van der Waals surface area contributed by atoms with Crippen molar-refractivity contribution in [2.45, 2.75) is 39.2 Å². The molecule has 5 nitrogen and oxygen atoms in total. The third-order valence-corrected chi connectivity index (χ3v) is 3.40. The molecule has 0 aromatic heterocycles. The first-order chi connectivity index (χ1) is 9.95. The van der Waals surface area contributed by atoms with E-state index in [1.807, 2.05) is 13.0 Å². The second-order valence-corrected chi connectivity index (χ2v) is 5.27. The van der Waals surface area contributed by atoms with Gasteiger partial charge < -0.3 is 15.3 Å². The van der Waals surface area contributed by atoms with Crippen molar-refractivity contribution in [3.05, 3.63) is 35.4 Å². The molecular weight excluding hydrogens is 268 g/mol. The maximum Gasteiger partial charge on any atom is 0.335 e. The highest BCUT2D eigenvalue weighted by Crippen LogP contribution is 2.10. The molecule has 0 aliphatic heterocycles. The van der Waals surface area contributed by atoms with Crippen LogP contribution in [0.3, 0.4) is 0 Å². The molecule has 0 fully saturated rings. The second kappa shape index (κ2) is 8.29. The van der Waals surface area contributed by atoms with E-state index in [1.54, 1.807) is 30.1 Å². The van der Waals surface area contributed by atoms with E-state index in [-0.39, 0.29) is 12.1 Å². The molecule has 1 atom stereocenters. The van der Waals surface area contributed by atoms with E-state index in [2.05, 4.69) is 12.2 Å². The Hall–Kier alpha value is -2.04. The lowest BCUT2D eigenvalue weighted by Gasteiger charge is -2.21. The third kappa shape index (κ3) is 5.45. The molecule has 0 aliphatic rings. The van der Waals surface area contributed by atoms with Crippen LogP contribution < -0.4 is 5.32 Å². The van der Waals surface area contributed by atoms with E-state index in [1.165, 1.54) is 0 Å². The molecule has 0 saturated heterocycles. The highest BCUT2D eigenvalue weighted by molar-refractivity contribution is 5.89. The number of hydrogen-bond acceptors (Lipinski definition) is 2. The van der Waals surface area contributed by atoms with E-state index in [0.29, 0.717) is 18.5 Å². The molecule has 21 heavy (non-hydrogen) atoms. The summed E-state index contributed by atoms with van der Waals surface area (Å²) < 4.78 is 0. The number of benzene rings is 1. The van der Waals surface area contributed by atoms with Gasteiger partial charge in [-0.15, -0.1) is 0 Å². The average molecular weight is 292 g/mol. The number of likely N-dealkylation sites (N-methyl/N-ethyl adjacent to an activating group) is 1. The Kier molecular flexibility index (Phi) is 6.72. The lowest BCUT2D eigenvalue weighted by Crippen LogP contribution is -2.42. The van der Waals surface area contributed by atoms with Crippen molar-refractivity contribution in [1.82, 2.24) is 10.2 Å². The van der Waals surface area contributed by atoms with Gasteiger partial charge in [0.15, 0.2) is 0 Å². The van der Waals surface area contributed by atoms with Gasteiger partial charge in [0.05, 0.1) is 5.56 Å². The van der Waals surface area contributed by atoms with Crippen molar-refractivity contribution in [2.75, 3.05) is 13.6 Å². The lowest BCUT2D eigenvalue weighted by molar-refractivity contribution is 0.0695. The van der Waals surface area contributed by atoms with Crippen LogP contribution in [0.2, 0.25) is 0 Å². The van der Waals surface area contributed by atoms with Gasteiger partial charge in [-0.3, -0.25) is 0 Å². The fraction of sp³-hybridized carbons (Fsp3) is 0.500. The van der Waals surface area contributed by atoms with Crippen molar-refractivity contribution in [3.8, 4) is 0 Å². The minimum atomic E-state index is -0.936. The van der Waals surface area contributed by atoms with Gasteiger partial charge in [-0.25, -0.2) is 9.59 Å². The number of carbonyl (C=O) groups is 2. The third-order valence-electron chi connectivity index (χ3n) is 3.40. The molecule has 116 valence electrons. The van der Waals surface area contributed by atoms with E-state index in [9.17, 15) is 9.59 Å². The standard InChI is InChI=1S/C16H24N2O3/c1-4-7-12(2)17-16(21)18(3)11-10-13-8-5-6-9-14(13)15(19)20/h5-6,8-9,12H,4,7,10-11H2,1-3H3,(H,17,21)(H,19,20). The number of carbonyl (C=O) groups excluding carboxylic acids is 1. The van der Waals surface area contributed by atoms with Gasteiger partial charge in [-0.1, -0.05) is 31.5 Å². The van der Waals surface area contributed by atoms with Crippen molar-refractivity contribution in [1.29, 1.82) is 0 Å². The molecular formula is C16H24N2O3. The molecule has 0 heterocycles. The minimum absolute atomic E-state index is 0.122. The van der Waals surface area contributed by atoms with E-state index < -0.39 is 5.97 Å². The normalized spacial score (nSPS) is 11.8. The summed E-state index contributed by atoms with van der Waals surface area (Å²) in [6, 6.07) is 6.91. The van der Waals surface area contributed by atoms with Gasteiger partial charge in [-0.05, 0) is 31.4 Å². The molecule has 0 spiro atoms. The zero-order chi connectivity index (χ0) is 15.8. The highest BCUT2D eigenvalue weighted by Gasteiger charge is 2.13. The number of rotatable bonds is 7. The van der Waals surface area contributed by atoms with Gasteiger partial charge in [0, 0.05) is 19.6 Å². The molecule has 2 N–H and O–H groups in total. The Morgan fingerprint density at radius 3 is 2.62 bits per heavy atom.